The Labute approximate surface area is 115 Å². The fourth-order valence-corrected chi connectivity index (χ4v) is 2.41. The standard InChI is InChI=1S/C15H13N3O2/c1-18-8-11(7-12(19)20)13-14(16-9-17-15(13)18)10-5-3-2-4-6-10/h2-6,8-9H,7H2,1H3,(H,19,20). The van der Waals surface area contributed by atoms with Gasteiger partial charge < -0.3 is 9.67 Å². The van der Waals surface area contributed by atoms with E-state index in [0.717, 1.165) is 27.9 Å². The number of aliphatic carboxylic acids is 1. The summed E-state index contributed by atoms with van der Waals surface area (Å²) in [6.07, 6.45) is 3.28. The third-order valence-corrected chi connectivity index (χ3v) is 3.22. The minimum Gasteiger partial charge on any atom is -0.481 e. The molecule has 0 fully saturated rings. The lowest BCUT2D eigenvalue weighted by Crippen LogP contribution is -2.00. The van der Waals surface area contributed by atoms with Crippen LogP contribution in [0, 0.1) is 0 Å². The number of nitrogens with zero attached hydrogens (tertiary/aromatic N) is 3. The van der Waals surface area contributed by atoms with E-state index in [-0.39, 0.29) is 6.42 Å². The van der Waals surface area contributed by atoms with Crippen molar-refractivity contribution in [2.45, 2.75) is 6.42 Å². The second-order valence-electron chi connectivity index (χ2n) is 4.62. The third kappa shape index (κ3) is 2.03. The van der Waals surface area contributed by atoms with E-state index in [4.69, 9.17) is 5.11 Å². The third-order valence-electron chi connectivity index (χ3n) is 3.22. The first-order chi connectivity index (χ1) is 9.66. The van der Waals surface area contributed by atoms with E-state index < -0.39 is 5.97 Å². The van der Waals surface area contributed by atoms with Crippen molar-refractivity contribution in [3.8, 4) is 11.3 Å². The summed E-state index contributed by atoms with van der Waals surface area (Å²) in [6, 6.07) is 9.72. The lowest BCUT2D eigenvalue weighted by molar-refractivity contribution is -0.136. The van der Waals surface area contributed by atoms with Crippen LogP contribution in [0.5, 0.6) is 0 Å². The molecule has 0 saturated heterocycles. The molecule has 0 aliphatic carbocycles. The van der Waals surface area contributed by atoms with Crippen LogP contribution in [0.3, 0.4) is 0 Å². The number of hydrogen-bond acceptors (Lipinski definition) is 3. The van der Waals surface area contributed by atoms with E-state index in [2.05, 4.69) is 9.97 Å². The van der Waals surface area contributed by atoms with Gasteiger partial charge in [0, 0.05) is 24.2 Å². The second kappa shape index (κ2) is 4.77. The molecule has 20 heavy (non-hydrogen) atoms. The fraction of sp³-hybridized carbons (Fsp3) is 0.133. The first kappa shape index (κ1) is 12.3. The fourth-order valence-electron chi connectivity index (χ4n) is 2.41. The van der Waals surface area contributed by atoms with Gasteiger partial charge in [0.25, 0.3) is 0 Å². The maximum atomic E-state index is 11.0. The highest BCUT2D eigenvalue weighted by Crippen LogP contribution is 2.29. The molecule has 0 aliphatic rings. The zero-order valence-corrected chi connectivity index (χ0v) is 10.9. The molecule has 0 spiro atoms. The van der Waals surface area contributed by atoms with Crippen molar-refractivity contribution in [3.05, 3.63) is 48.4 Å². The first-order valence-corrected chi connectivity index (χ1v) is 6.23. The summed E-state index contributed by atoms with van der Waals surface area (Å²) in [6.45, 7) is 0. The number of carbonyl (C=O) groups is 1. The molecule has 100 valence electrons. The molecule has 2 heterocycles. The van der Waals surface area contributed by atoms with Gasteiger partial charge in [0.2, 0.25) is 0 Å². The van der Waals surface area contributed by atoms with E-state index in [9.17, 15) is 4.79 Å². The highest BCUT2D eigenvalue weighted by atomic mass is 16.4. The topological polar surface area (TPSA) is 68.0 Å². The number of fused-ring (bicyclic) bond motifs is 1. The second-order valence-corrected chi connectivity index (χ2v) is 4.62. The predicted molar refractivity (Wildman–Crippen MR) is 75.3 cm³/mol. The van der Waals surface area contributed by atoms with E-state index in [1.807, 2.05) is 41.9 Å². The minimum absolute atomic E-state index is 0.0372. The quantitative estimate of drug-likeness (QED) is 0.790. The molecule has 3 aromatic rings. The largest absolute Gasteiger partial charge is 0.481 e. The number of carboxylic acid groups (broad SMARTS) is 1. The Morgan fingerprint density at radius 2 is 2.00 bits per heavy atom. The van der Waals surface area contributed by atoms with Crippen LogP contribution in [0.25, 0.3) is 22.3 Å². The lowest BCUT2D eigenvalue weighted by atomic mass is 10.1. The molecule has 1 aromatic carbocycles. The predicted octanol–water partition coefficient (Wildman–Crippen LogP) is 2.26. The minimum atomic E-state index is -0.861. The average molecular weight is 267 g/mol. The molecule has 0 radical (unpaired) electrons. The Bertz CT molecular complexity index is 778. The highest BCUT2D eigenvalue weighted by molar-refractivity contribution is 5.95. The molecular formula is C15H13N3O2. The van der Waals surface area contributed by atoms with Gasteiger partial charge in [-0.2, -0.15) is 0 Å². The Morgan fingerprint density at radius 1 is 1.25 bits per heavy atom. The van der Waals surface area contributed by atoms with E-state index in [1.54, 1.807) is 6.20 Å². The molecule has 0 unspecified atom stereocenters. The summed E-state index contributed by atoms with van der Waals surface area (Å²) in [7, 11) is 1.86. The molecule has 3 rings (SSSR count). The van der Waals surface area contributed by atoms with Gasteiger partial charge in [0.05, 0.1) is 12.1 Å². The van der Waals surface area contributed by atoms with Crippen molar-refractivity contribution >= 4 is 17.0 Å². The van der Waals surface area contributed by atoms with Gasteiger partial charge in [0.1, 0.15) is 12.0 Å². The summed E-state index contributed by atoms with van der Waals surface area (Å²) in [5, 5.41) is 9.86. The Morgan fingerprint density at radius 3 is 2.70 bits per heavy atom. The van der Waals surface area contributed by atoms with E-state index >= 15 is 0 Å². The molecule has 0 saturated carbocycles. The molecule has 0 amide bonds. The lowest BCUT2D eigenvalue weighted by Gasteiger charge is -2.04. The SMILES string of the molecule is Cn1cc(CC(=O)O)c2c(-c3ccccc3)ncnc21. The zero-order chi connectivity index (χ0) is 14.1. The maximum Gasteiger partial charge on any atom is 0.307 e. The molecule has 5 nitrogen and oxygen atoms in total. The van der Waals surface area contributed by atoms with E-state index in [0.29, 0.717) is 0 Å². The van der Waals surface area contributed by atoms with Crippen molar-refractivity contribution < 1.29 is 9.90 Å². The molecule has 2 aromatic heterocycles. The Balaban J connectivity index is 2.30. The van der Waals surface area contributed by atoms with E-state index in [1.165, 1.54) is 6.33 Å². The van der Waals surface area contributed by atoms with Crippen molar-refractivity contribution in [2.75, 3.05) is 0 Å². The number of benzene rings is 1. The number of rotatable bonds is 3. The van der Waals surface area contributed by atoms with Gasteiger partial charge >= 0.3 is 5.97 Å². The summed E-state index contributed by atoms with van der Waals surface area (Å²) in [5.74, 6) is -0.861. The van der Waals surface area contributed by atoms with Crippen LogP contribution in [-0.4, -0.2) is 25.6 Å². The molecular weight excluding hydrogens is 254 g/mol. The van der Waals surface area contributed by atoms with Gasteiger partial charge in [-0.3, -0.25) is 4.79 Å². The first-order valence-electron chi connectivity index (χ1n) is 6.23. The van der Waals surface area contributed by atoms with Crippen LogP contribution in [0.2, 0.25) is 0 Å². The number of aromatic nitrogens is 3. The van der Waals surface area contributed by atoms with Crippen LogP contribution in [0.1, 0.15) is 5.56 Å². The molecule has 1 N–H and O–H groups in total. The maximum absolute atomic E-state index is 11.0. The van der Waals surface area contributed by atoms with Crippen LogP contribution in [0.4, 0.5) is 0 Å². The average Bonchev–Trinajstić information content (AvgIpc) is 2.76. The van der Waals surface area contributed by atoms with Crippen molar-refractivity contribution in [1.29, 1.82) is 0 Å². The van der Waals surface area contributed by atoms with Crippen LogP contribution in [-0.2, 0) is 18.3 Å². The van der Waals surface area contributed by atoms with Crippen LogP contribution in [0.15, 0.2) is 42.9 Å². The Kier molecular flexibility index (Phi) is 2.95. The summed E-state index contributed by atoms with van der Waals surface area (Å²) < 4.78 is 1.84. The van der Waals surface area contributed by atoms with Crippen molar-refractivity contribution in [1.82, 2.24) is 14.5 Å². The number of aryl methyl sites for hydroxylation is 1. The molecule has 5 heteroatoms. The van der Waals surface area contributed by atoms with Crippen LogP contribution >= 0.6 is 0 Å². The molecule has 0 aliphatic heterocycles. The van der Waals surface area contributed by atoms with Crippen LogP contribution < -0.4 is 0 Å². The summed E-state index contributed by atoms with van der Waals surface area (Å²) in [4.78, 5) is 19.6. The van der Waals surface area contributed by atoms with Crippen molar-refractivity contribution in [3.63, 3.8) is 0 Å². The van der Waals surface area contributed by atoms with Crippen molar-refractivity contribution in [2.24, 2.45) is 7.05 Å². The normalized spacial score (nSPS) is 10.8. The number of hydrogen-bond donors (Lipinski definition) is 1. The van der Waals surface area contributed by atoms with Gasteiger partial charge in [-0.15, -0.1) is 0 Å². The van der Waals surface area contributed by atoms with Gasteiger partial charge in [-0.05, 0) is 5.56 Å². The van der Waals surface area contributed by atoms with Gasteiger partial charge in [0.15, 0.2) is 0 Å². The molecule has 0 bridgehead atoms. The van der Waals surface area contributed by atoms with Gasteiger partial charge in [-0.1, -0.05) is 30.3 Å². The highest BCUT2D eigenvalue weighted by Gasteiger charge is 2.16. The monoisotopic (exact) mass is 267 g/mol. The number of carboxylic acids is 1. The Hall–Kier alpha value is -2.69. The smallest absolute Gasteiger partial charge is 0.307 e. The summed E-state index contributed by atoms with van der Waals surface area (Å²) in [5.41, 5.74) is 3.20. The van der Waals surface area contributed by atoms with Gasteiger partial charge in [-0.25, -0.2) is 9.97 Å². The summed E-state index contributed by atoms with van der Waals surface area (Å²) >= 11 is 0. The zero-order valence-electron chi connectivity index (χ0n) is 10.9. The molecule has 0 atom stereocenters.